The zero-order chi connectivity index (χ0) is 13.8. The van der Waals surface area contributed by atoms with Crippen LogP contribution in [0.2, 0.25) is 0 Å². The third kappa shape index (κ3) is 3.66. The number of carbonyl (C=O) groups is 1. The van der Waals surface area contributed by atoms with Gasteiger partial charge in [0.2, 0.25) is 0 Å². The molecule has 5 nitrogen and oxygen atoms in total. The molecule has 2 rings (SSSR count). The van der Waals surface area contributed by atoms with E-state index in [1.807, 2.05) is 19.9 Å². The van der Waals surface area contributed by atoms with E-state index in [2.05, 4.69) is 22.5 Å². The molecule has 1 aliphatic carbocycles. The summed E-state index contributed by atoms with van der Waals surface area (Å²) in [6, 6.07) is 1.96. The van der Waals surface area contributed by atoms with Gasteiger partial charge in [-0.05, 0) is 45.1 Å². The molecule has 0 spiro atoms. The molecule has 0 radical (unpaired) electrons. The second kappa shape index (κ2) is 5.99. The Kier molecular flexibility index (Phi) is 4.35. The molecule has 104 valence electrons. The molecule has 19 heavy (non-hydrogen) atoms. The Hall–Kier alpha value is -1.65. The van der Waals surface area contributed by atoms with Gasteiger partial charge in [-0.2, -0.15) is 10.2 Å². The smallest absolute Gasteiger partial charge is 0.261 e. The van der Waals surface area contributed by atoms with Crippen LogP contribution in [0.25, 0.3) is 0 Å². The number of nitrogens with zero attached hydrogens (tertiary/aromatic N) is 3. The number of hydrazone groups is 1. The first-order valence-corrected chi connectivity index (χ1v) is 6.92. The summed E-state index contributed by atoms with van der Waals surface area (Å²) in [5, 5.41) is 8.54. The summed E-state index contributed by atoms with van der Waals surface area (Å²) in [6.45, 7) is 6.27. The summed E-state index contributed by atoms with van der Waals surface area (Å²) in [6.07, 6.45) is 4.61. The molecule has 1 amide bonds. The highest BCUT2D eigenvalue weighted by Crippen LogP contribution is 2.20. The van der Waals surface area contributed by atoms with Gasteiger partial charge in [0.05, 0.1) is 5.69 Å². The molecule has 1 atom stereocenters. The van der Waals surface area contributed by atoms with Crippen molar-refractivity contribution in [3.63, 3.8) is 0 Å². The lowest BCUT2D eigenvalue weighted by atomic mass is 9.89. The maximum Gasteiger partial charge on any atom is 0.261 e. The van der Waals surface area contributed by atoms with Gasteiger partial charge in [-0.25, -0.2) is 5.43 Å². The van der Waals surface area contributed by atoms with Gasteiger partial charge in [0, 0.05) is 11.4 Å². The minimum absolute atomic E-state index is 0.114. The van der Waals surface area contributed by atoms with E-state index in [0.29, 0.717) is 5.92 Å². The molecule has 0 bridgehead atoms. The highest BCUT2D eigenvalue weighted by atomic mass is 16.2. The van der Waals surface area contributed by atoms with Crippen LogP contribution < -0.4 is 5.43 Å². The Morgan fingerprint density at radius 3 is 2.95 bits per heavy atom. The first-order chi connectivity index (χ1) is 9.06. The van der Waals surface area contributed by atoms with E-state index < -0.39 is 0 Å². The fourth-order valence-corrected chi connectivity index (χ4v) is 2.48. The quantitative estimate of drug-likeness (QED) is 0.849. The van der Waals surface area contributed by atoms with Crippen LogP contribution in [0.15, 0.2) is 11.2 Å². The maximum absolute atomic E-state index is 11.8. The minimum Gasteiger partial charge on any atom is -0.271 e. The van der Waals surface area contributed by atoms with Crippen LogP contribution >= 0.6 is 0 Å². The molecule has 0 unspecified atom stereocenters. The molecule has 0 aliphatic heterocycles. The van der Waals surface area contributed by atoms with Crippen LogP contribution in [0.1, 0.15) is 44.0 Å². The van der Waals surface area contributed by atoms with Crippen molar-refractivity contribution in [1.82, 2.24) is 15.2 Å². The molecular formula is C14H22N4O. The standard InChI is InChI=1S/C14H22N4O/c1-10-6-4-5-7-13(10)15-16-14(19)9-18-12(3)8-11(2)17-18/h8,10H,4-7,9H2,1-3H3,(H,16,19)/t10-/m0/s1. The predicted molar refractivity (Wildman–Crippen MR) is 74.9 cm³/mol. The Labute approximate surface area is 114 Å². The summed E-state index contributed by atoms with van der Waals surface area (Å²) < 4.78 is 1.70. The summed E-state index contributed by atoms with van der Waals surface area (Å²) in [5.74, 6) is 0.374. The molecule has 1 fully saturated rings. The first kappa shape index (κ1) is 13.8. The van der Waals surface area contributed by atoms with Crippen molar-refractivity contribution < 1.29 is 4.79 Å². The van der Waals surface area contributed by atoms with E-state index in [0.717, 1.165) is 23.5 Å². The minimum atomic E-state index is -0.114. The summed E-state index contributed by atoms with van der Waals surface area (Å²) >= 11 is 0. The summed E-state index contributed by atoms with van der Waals surface area (Å²) in [5.41, 5.74) is 5.69. The van der Waals surface area contributed by atoms with Crippen molar-refractivity contribution in [2.75, 3.05) is 0 Å². The van der Waals surface area contributed by atoms with Gasteiger partial charge >= 0.3 is 0 Å². The Bertz CT molecular complexity index is 490. The van der Waals surface area contributed by atoms with Crippen molar-refractivity contribution in [2.24, 2.45) is 11.0 Å². The fraction of sp³-hybridized carbons (Fsp3) is 0.643. The molecule has 1 N–H and O–H groups in total. The molecule has 0 aromatic carbocycles. The number of aromatic nitrogens is 2. The van der Waals surface area contributed by atoms with Gasteiger partial charge in [0.15, 0.2) is 0 Å². The third-order valence-electron chi connectivity index (χ3n) is 3.61. The predicted octanol–water partition coefficient (Wildman–Crippen LogP) is 2.18. The summed E-state index contributed by atoms with van der Waals surface area (Å²) in [4.78, 5) is 11.8. The highest BCUT2D eigenvalue weighted by Gasteiger charge is 2.16. The van der Waals surface area contributed by atoms with Gasteiger partial charge in [0.1, 0.15) is 6.54 Å². The van der Waals surface area contributed by atoms with E-state index in [4.69, 9.17) is 0 Å². The number of rotatable bonds is 3. The molecule has 0 saturated heterocycles. The van der Waals surface area contributed by atoms with Crippen molar-refractivity contribution in [3.8, 4) is 0 Å². The van der Waals surface area contributed by atoms with Gasteiger partial charge in [-0.3, -0.25) is 9.48 Å². The average molecular weight is 262 g/mol. The first-order valence-electron chi connectivity index (χ1n) is 6.92. The van der Waals surface area contributed by atoms with E-state index in [9.17, 15) is 4.79 Å². The van der Waals surface area contributed by atoms with Gasteiger partial charge < -0.3 is 0 Å². The Morgan fingerprint density at radius 2 is 2.32 bits per heavy atom. The second-order valence-corrected chi connectivity index (χ2v) is 5.37. The van der Waals surface area contributed by atoms with Crippen LogP contribution in [0.3, 0.4) is 0 Å². The van der Waals surface area contributed by atoms with E-state index in [-0.39, 0.29) is 12.5 Å². The summed E-state index contributed by atoms with van der Waals surface area (Å²) in [7, 11) is 0. The van der Waals surface area contributed by atoms with E-state index >= 15 is 0 Å². The van der Waals surface area contributed by atoms with Crippen molar-refractivity contribution in [1.29, 1.82) is 0 Å². The molecule has 5 heteroatoms. The number of hydrogen-bond acceptors (Lipinski definition) is 3. The number of nitrogens with one attached hydrogen (secondary N) is 1. The van der Waals surface area contributed by atoms with Crippen LogP contribution in [0, 0.1) is 19.8 Å². The second-order valence-electron chi connectivity index (χ2n) is 5.37. The molecule has 1 aromatic heterocycles. The fourth-order valence-electron chi connectivity index (χ4n) is 2.48. The molecule has 1 saturated carbocycles. The maximum atomic E-state index is 11.8. The van der Waals surface area contributed by atoms with Crippen LogP contribution in [-0.4, -0.2) is 21.4 Å². The monoisotopic (exact) mass is 262 g/mol. The van der Waals surface area contributed by atoms with Crippen LogP contribution in [-0.2, 0) is 11.3 Å². The molecule has 1 aliphatic rings. The third-order valence-corrected chi connectivity index (χ3v) is 3.61. The molecule has 1 aromatic rings. The lowest BCUT2D eigenvalue weighted by molar-refractivity contribution is -0.121. The molecular weight excluding hydrogens is 240 g/mol. The van der Waals surface area contributed by atoms with Crippen molar-refractivity contribution in [3.05, 3.63) is 17.5 Å². The average Bonchev–Trinajstić information content (AvgIpc) is 2.67. The topological polar surface area (TPSA) is 59.3 Å². The lowest BCUT2D eigenvalue weighted by Crippen LogP contribution is -2.27. The number of carbonyl (C=O) groups excluding carboxylic acids is 1. The molecule has 1 heterocycles. The van der Waals surface area contributed by atoms with E-state index in [1.165, 1.54) is 19.3 Å². The normalized spacial score (nSPS) is 21.6. The van der Waals surface area contributed by atoms with Gasteiger partial charge in [-0.1, -0.05) is 13.3 Å². The Balaban J connectivity index is 1.91. The highest BCUT2D eigenvalue weighted by molar-refractivity contribution is 5.88. The van der Waals surface area contributed by atoms with Crippen molar-refractivity contribution in [2.45, 2.75) is 53.0 Å². The van der Waals surface area contributed by atoms with E-state index in [1.54, 1.807) is 4.68 Å². The largest absolute Gasteiger partial charge is 0.271 e. The number of aryl methyl sites for hydroxylation is 2. The van der Waals surface area contributed by atoms with Crippen molar-refractivity contribution >= 4 is 11.6 Å². The Morgan fingerprint density at radius 1 is 1.53 bits per heavy atom. The zero-order valence-corrected chi connectivity index (χ0v) is 11.9. The number of amides is 1. The van der Waals surface area contributed by atoms with Crippen LogP contribution in [0.4, 0.5) is 0 Å². The van der Waals surface area contributed by atoms with Gasteiger partial charge in [0.25, 0.3) is 5.91 Å². The van der Waals surface area contributed by atoms with Crippen LogP contribution in [0.5, 0.6) is 0 Å². The number of hydrogen-bond donors (Lipinski definition) is 1. The zero-order valence-electron chi connectivity index (χ0n) is 11.9. The lowest BCUT2D eigenvalue weighted by Gasteiger charge is -2.19. The van der Waals surface area contributed by atoms with Gasteiger partial charge in [-0.15, -0.1) is 0 Å². The SMILES string of the molecule is Cc1cc(C)n(CC(=O)NN=C2CCCC[C@@H]2C)n1.